The molecule has 1 saturated heterocycles. The van der Waals surface area contributed by atoms with Crippen LogP contribution in [0.2, 0.25) is 0 Å². The minimum absolute atomic E-state index is 0.122. The highest BCUT2D eigenvalue weighted by atomic mass is 16.5. The second-order valence-electron chi connectivity index (χ2n) is 10.3. The smallest absolute Gasteiger partial charge is 0.174 e. The molecule has 8 unspecified atom stereocenters. The van der Waals surface area contributed by atoms with E-state index >= 15 is 0 Å². The summed E-state index contributed by atoms with van der Waals surface area (Å²) in [5.74, 6) is -0.810. The molecule has 8 atom stereocenters. The number of ketones is 1. The van der Waals surface area contributed by atoms with Crippen LogP contribution in [0.25, 0.3) is 0 Å². The summed E-state index contributed by atoms with van der Waals surface area (Å²) in [5, 5.41) is 22.3. The maximum absolute atomic E-state index is 13.7. The van der Waals surface area contributed by atoms with Crippen molar-refractivity contribution in [3.8, 4) is 0 Å². The van der Waals surface area contributed by atoms with Crippen LogP contribution in [0.5, 0.6) is 0 Å². The number of hydrogen-bond acceptors (Lipinski definition) is 6. The first kappa shape index (κ1) is 19.5. The molecular formula is C21H34N2O4. The number of nitrogens with two attached hydrogens (primary N) is 2. The second kappa shape index (κ2) is 5.42. The van der Waals surface area contributed by atoms with E-state index in [9.17, 15) is 15.0 Å². The van der Waals surface area contributed by atoms with Crippen LogP contribution < -0.4 is 11.5 Å². The zero-order chi connectivity index (χ0) is 20.2. The Kier molecular flexibility index (Phi) is 3.92. The lowest BCUT2D eigenvalue weighted by atomic mass is 9.42. The number of ether oxygens (including phenoxy) is 1. The zero-order valence-corrected chi connectivity index (χ0v) is 17.1. The average molecular weight is 379 g/mol. The molecule has 2 saturated carbocycles. The fraction of sp³-hybridized carbons (Fsp3) is 0.857. The van der Waals surface area contributed by atoms with Crippen molar-refractivity contribution in [3.63, 3.8) is 0 Å². The molecule has 6 nitrogen and oxygen atoms in total. The topological polar surface area (TPSA) is 119 Å². The third-order valence-electron chi connectivity index (χ3n) is 9.06. The number of aliphatic hydroxyl groups excluding tert-OH is 2. The summed E-state index contributed by atoms with van der Waals surface area (Å²) in [6.45, 7) is 10.3. The highest BCUT2D eigenvalue weighted by molar-refractivity contribution is 5.93. The van der Waals surface area contributed by atoms with Gasteiger partial charge in [-0.2, -0.15) is 0 Å². The molecular weight excluding hydrogens is 344 g/mol. The molecule has 0 spiro atoms. The third kappa shape index (κ3) is 2.01. The lowest BCUT2D eigenvalue weighted by molar-refractivity contribution is -0.253. The summed E-state index contributed by atoms with van der Waals surface area (Å²) < 4.78 is 5.68. The van der Waals surface area contributed by atoms with E-state index in [1.165, 1.54) is 0 Å². The van der Waals surface area contributed by atoms with E-state index in [-0.39, 0.29) is 23.7 Å². The van der Waals surface area contributed by atoms with E-state index in [2.05, 4.69) is 6.92 Å². The number of Topliss-reactive ketones (excluding diaryl/α,β-unsaturated/α-hetero) is 1. The van der Waals surface area contributed by atoms with Gasteiger partial charge in [0.05, 0.1) is 29.8 Å². The Labute approximate surface area is 161 Å². The number of aliphatic hydroxyl groups is 2. The Hall–Kier alpha value is -0.790. The van der Waals surface area contributed by atoms with Crippen LogP contribution in [-0.4, -0.2) is 52.0 Å². The van der Waals surface area contributed by atoms with E-state index in [4.69, 9.17) is 16.2 Å². The van der Waals surface area contributed by atoms with Gasteiger partial charge < -0.3 is 26.4 Å². The molecule has 0 aromatic carbocycles. The SMILES string of the molecule is CC1=C2C(O)C(=O)C3(C)C(O)CC4OCC4(N)C3C(C)C(N)(CC1)C2(C)C. The summed E-state index contributed by atoms with van der Waals surface area (Å²) in [6, 6.07) is 0. The molecule has 6 N–H and O–H groups in total. The number of fused-ring (bicyclic) bond motifs is 5. The Morgan fingerprint density at radius 3 is 2.37 bits per heavy atom. The van der Waals surface area contributed by atoms with Gasteiger partial charge in [0.1, 0.15) is 6.10 Å². The fourth-order valence-electron chi connectivity index (χ4n) is 7.21. The Morgan fingerprint density at radius 2 is 1.81 bits per heavy atom. The molecule has 4 aliphatic rings. The van der Waals surface area contributed by atoms with Crippen LogP contribution in [-0.2, 0) is 9.53 Å². The molecule has 0 radical (unpaired) electrons. The van der Waals surface area contributed by atoms with Crippen molar-refractivity contribution in [3.05, 3.63) is 11.1 Å². The molecule has 152 valence electrons. The molecule has 4 rings (SSSR count). The number of hydrogen-bond donors (Lipinski definition) is 4. The lowest BCUT2D eigenvalue weighted by Gasteiger charge is -2.68. The van der Waals surface area contributed by atoms with E-state index in [0.717, 1.165) is 24.0 Å². The highest BCUT2D eigenvalue weighted by Gasteiger charge is 2.72. The number of rotatable bonds is 0. The van der Waals surface area contributed by atoms with Gasteiger partial charge >= 0.3 is 0 Å². The van der Waals surface area contributed by atoms with Gasteiger partial charge in [-0.25, -0.2) is 0 Å². The molecule has 2 bridgehead atoms. The monoisotopic (exact) mass is 378 g/mol. The van der Waals surface area contributed by atoms with Crippen LogP contribution in [0.1, 0.15) is 53.9 Å². The highest BCUT2D eigenvalue weighted by Crippen LogP contribution is 2.62. The van der Waals surface area contributed by atoms with Crippen molar-refractivity contribution in [1.29, 1.82) is 0 Å². The maximum atomic E-state index is 13.7. The van der Waals surface area contributed by atoms with Crippen molar-refractivity contribution >= 4 is 5.78 Å². The van der Waals surface area contributed by atoms with Crippen molar-refractivity contribution in [2.75, 3.05) is 6.61 Å². The fourth-order valence-corrected chi connectivity index (χ4v) is 7.21. The average Bonchev–Trinajstić information content (AvgIpc) is 2.58. The summed E-state index contributed by atoms with van der Waals surface area (Å²) in [5.41, 5.74) is 12.7. The lowest BCUT2D eigenvalue weighted by Crippen LogP contribution is -2.82. The van der Waals surface area contributed by atoms with Crippen LogP contribution in [0.4, 0.5) is 0 Å². The van der Waals surface area contributed by atoms with Crippen LogP contribution in [0.3, 0.4) is 0 Å². The van der Waals surface area contributed by atoms with Gasteiger partial charge in [-0.05, 0) is 38.2 Å². The number of carbonyl (C=O) groups excluding carboxylic acids is 1. The minimum Gasteiger partial charge on any atom is -0.392 e. The number of carbonyl (C=O) groups is 1. The maximum Gasteiger partial charge on any atom is 0.174 e. The minimum atomic E-state index is -1.26. The molecule has 27 heavy (non-hydrogen) atoms. The molecule has 0 aromatic heterocycles. The van der Waals surface area contributed by atoms with Gasteiger partial charge in [0, 0.05) is 23.3 Å². The summed E-state index contributed by atoms with van der Waals surface area (Å²) >= 11 is 0. The predicted octanol–water partition coefficient (Wildman–Crippen LogP) is 0.884. The molecule has 3 aliphatic carbocycles. The van der Waals surface area contributed by atoms with E-state index in [0.29, 0.717) is 13.0 Å². The third-order valence-corrected chi connectivity index (χ3v) is 9.06. The van der Waals surface area contributed by atoms with Gasteiger partial charge in [-0.3, -0.25) is 4.79 Å². The van der Waals surface area contributed by atoms with Gasteiger partial charge in [0.15, 0.2) is 5.78 Å². The summed E-state index contributed by atoms with van der Waals surface area (Å²) in [7, 11) is 0. The van der Waals surface area contributed by atoms with Crippen molar-refractivity contribution in [2.24, 2.45) is 34.1 Å². The van der Waals surface area contributed by atoms with Crippen molar-refractivity contribution < 1.29 is 19.7 Å². The molecule has 1 heterocycles. The Bertz CT molecular complexity index is 734. The van der Waals surface area contributed by atoms with Crippen LogP contribution >= 0.6 is 0 Å². The quantitative estimate of drug-likeness (QED) is 0.465. The van der Waals surface area contributed by atoms with Crippen molar-refractivity contribution in [2.45, 2.75) is 83.3 Å². The molecule has 0 amide bonds. The van der Waals surface area contributed by atoms with E-state index in [1.54, 1.807) is 6.92 Å². The summed E-state index contributed by atoms with van der Waals surface area (Å²) in [4.78, 5) is 13.7. The van der Waals surface area contributed by atoms with Gasteiger partial charge in [-0.1, -0.05) is 26.3 Å². The standard InChI is InChI=1S/C21H34N2O4/c1-10-6-7-21(23)11(2)16-19(5,12(24)8-13-20(16,22)9-27-13)17(26)15(25)14(10)18(21,3)4/h11-13,15-16,24-25H,6-9,22-23H2,1-5H3. The van der Waals surface area contributed by atoms with Gasteiger partial charge in [0.2, 0.25) is 0 Å². The first-order valence-electron chi connectivity index (χ1n) is 10.1. The normalized spacial score (nSPS) is 54.4. The largest absolute Gasteiger partial charge is 0.392 e. The summed E-state index contributed by atoms with van der Waals surface area (Å²) in [6.07, 6.45) is -0.619. The Balaban J connectivity index is 1.99. The first-order chi connectivity index (χ1) is 12.3. The molecule has 1 aliphatic heterocycles. The van der Waals surface area contributed by atoms with Crippen LogP contribution in [0.15, 0.2) is 11.1 Å². The Morgan fingerprint density at radius 1 is 1.19 bits per heavy atom. The second-order valence-corrected chi connectivity index (χ2v) is 10.3. The van der Waals surface area contributed by atoms with Gasteiger partial charge in [-0.15, -0.1) is 0 Å². The van der Waals surface area contributed by atoms with E-state index < -0.39 is 34.1 Å². The van der Waals surface area contributed by atoms with Crippen LogP contribution in [0, 0.1) is 22.7 Å². The van der Waals surface area contributed by atoms with Crippen molar-refractivity contribution in [1.82, 2.24) is 0 Å². The molecule has 0 aromatic rings. The number of allylic oxidation sites excluding steroid dienone is 1. The van der Waals surface area contributed by atoms with E-state index in [1.807, 2.05) is 20.8 Å². The first-order valence-corrected chi connectivity index (χ1v) is 10.1. The van der Waals surface area contributed by atoms with Gasteiger partial charge in [0.25, 0.3) is 0 Å². The predicted molar refractivity (Wildman–Crippen MR) is 102 cm³/mol. The molecule has 3 fully saturated rings. The molecule has 6 heteroatoms. The zero-order valence-electron chi connectivity index (χ0n) is 17.1.